The van der Waals surface area contributed by atoms with Gasteiger partial charge in [-0.05, 0) is 11.6 Å². The van der Waals surface area contributed by atoms with Crippen LogP contribution in [-0.4, -0.2) is 12.6 Å². The van der Waals surface area contributed by atoms with Crippen LogP contribution in [0.15, 0.2) is 41.4 Å². The van der Waals surface area contributed by atoms with Crippen LogP contribution in [0.3, 0.4) is 0 Å². The SMILES string of the molecule is O=C/N=C/C=C/c1ccccc1. The van der Waals surface area contributed by atoms with Crippen molar-refractivity contribution < 1.29 is 4.79 Å². The Balaban J connectivity index is 2.58. The molecule has 0 unspecified atom stereocenters. The van der Waals surface area contributed by atoms with Crippen LogP contribution in [0.1, 0.15) is 5.56 Å². The van der Waals surface area contributed by atoms with Gasteiger partial charge in [-0.1, -0.05) is 36.4 Å². The number of amides is 1. The third-order valence-corrected chi connectivity index (χ3v) is 1.32. The quantitative estimate of drug-likeness (QED) is 0.489. The third-order valence-electron chi connectivity index (χ3n) is 1.32. The summed E-state index contributed by atoms with van der Waals surface area (Å²) in [7, 11) is 0. The monoisotopic (exact) mass is 159 g/mol. The van der Waals surface area contributed by atoms with Crippen LogP contribution in [0.4, 0.5) is 0 Å². The van der Waals surface area contributed by atoms with Crippen molar-refractivity contribution in [3.8, 4) is 0 Å². The molecular formula is C10H9NO. The van der Waals surface area contributed by atoms with Gasteiger partial charge in [-0.15, -0.1) is 0 Å². The lowest BCUT2D eigenvalue weighted by molar-refractivity contribution is -0.106. The fourth-order valence-electron chi connectivity index (χ4n) is 0.803. The van der Waals surface area contributed by atoms with E-state index in [-0.39, 0.29) is 0 Å². The maximum Gasteiger partial charge on any atom is 0.232 e. The van der Waals surface area contributed by atoms with E-state index >= 15 is 0 Å². The van der Waals surface area contributed by atoms with Gasteiger partial charge in [0, 0.05) is 6.21 Å². The first kappa shape index (κ1) is 8.40. The van der Waals surface area contributed by atoms with Gasteiger partial charge in [-0.3, -0.25) is 4.79 Å². The lowest BCUT2D eigenvalue weighted by atomic mass is 10.2. The van der Waals surface area contributed by atoms with E-state index in [0.717, 1.165) is 5.56 Å². The number of hydrogen-bond donors (Lipinski definition) is 0. The molecule has 0 spiro atoms. The van der Waals surface area contributed by atoms with Gasteiger partial charge in [0.15, 0.2) is 0 Å². The standard InChI is InChI=1S/C10H9NO/c12-9-11-8-4-7-10-5-2-1-3-6-10/h1-9H/b7-4+,11-8+. The molecule has 0 saturated carbocycles. The molecule has 0 N–H and O–H groups in total. The summed E-state index contributed by atoms with van der Waals surface area (Å²) < 4.78 is 0. The lowest BCUT2D eigenvalue weighted by Crippen LogP contribution is -1.69. The molecule has 0 bridgehead atoms. The number of nitrogens with zero attached hydrogens (tertiary/aromatic N) is 1. The molecule has 1 aromatic rings. The molecule has 0 heterocycles. The Labute approximate surface area is 71.3 Å². The van der Waals surface area contributed by atoms with Crippen LogP contribution < -0.4 is 0 Å². The lowest BCUT2D eigenvalue weighted by Gasteiger charge is -1.87. The van der Waals surface area contributed by atoms with Crippen LogP contribution in [0, 0.1) is 0 Å². The van der Waals surface area contributed by atoms with E-state index < -0.39 is 0 Å². The van der Waals surface area contributed by atoms with Gasteiger partial charge in [0.05, 0.1) is 0 Å². The number of aliphatic imine (C=N–C) groups is 1. The van der Waals surface area contributed by atoms with Crippen LogP contribution in [0.2, 0.25) is 0 Å². The van der Waals surface area contributed by atoms with Gasteiger partial charge in [-0.25, -0.2) is 4.99 Å². The first-order valence-electron chi connectivity index (χ1n) is 3.62. The van der Waals surface area contributed by atoms with Crippen molar-refractivity contribution in [3.63, 3.8) is 0 Å². The zero-order chi connectivity index (χ0) is 8.65. The second-order valence-corrected chi connectivity index (χ2v) is 2.17. The number of carbonyl (C=O) groups excluding carboxylic acids is 1. The fourth-order valence-corrected chi connectivity index (χ4v) is 0.803. The molecule has 2 heteroatoms. The number of benzene rings is 1. The summed E-state index contributed by atoms with van der Waals surface area (Å²) in [6.45, 7) is 0. The molecule has 2 nitrogen and oxygen atoms in total. The summed E-state index contributed by atoms with van der Waals surface area (Å²) in [6, 6.07) is 9.82. The molecule has 60 valence electrons. The molecule has 12 heavy (non-hydrogen) atoms. The number of allylic oxidation sites excluding steroid dienone is 1. The highest BCUT2D eigenvalue weighted by atomic mass is 16.1. The Kier molecular flexibility index (Phi) is 3.51. The van der Waals surface area contributed by atoms with E-state index in [1.807, 2.05) is 36.4 Å². The van der Waals surface area contributed by atoms with Crippen molar-refractivity contribution in [2.75, 3.05) is 0 Å². The van der Waals surface area contributed by atoms with E-state index in [1.54, 1.807) is 6.08 Å². The molecule has 0 atom stereocenters. The maximum absolute atomic E-state index is 9.78. The summed E-state index contributed by atoms with van der Waals surface area (Å²) in [4.78, 5) is 13.2. The summed E-state index contributed by atoms with van der Waals surface area (Å²) in [6.07, 6.45) is 5.58. The van der Waals surface area contributed by atoms with Crippen LogP contribution >= 0.6 is 0 Å². The van der Waals surface area contributed by atoms with E-state index in [0.29, 0.717) is 6.41 Å². The molecule has 0 aliphatic carbocycles. The normalized spacial score (nSPS) is 11.0. The topological polar surface area (TPSA) is 29.4 Å². The fraction of sp³-hybridized carbons (Fsp3) is 0. The van der Waals surface area contributed by atoms with Gasteiger partial charge < -0.3 is 0 Å². The molecule has 1 rings (SSSR count). The third kappa shape index (κ3) is 2.92. The van der Waals surface area contributed by atoms with Crippen LogP contribution in [0.25, 0.3) is 6.08 Å². The highest BCUT2D eigenvalue weighted by Gasteiger charge is 1.79. The molecule has 0 aromatic heterocycles. The zero-order valence-electron chi connectivity index (χ0n) is 6.55. The minimum absolute atomic E-state index is 0.509. The number of carbonyl (C=O) groups is 1. The highest BCUT2D eigenvalue weighted by molar-refractivity contribution is 5.82. The number of hydrogen-bond acceptors (Lipinski definition) is 1. The van der Waals surface area contributed by atoms with Crippen LogP contribution in [0.5, 0.6) is 0 Å². The minimum Gasteiger partial charge on any atom is -0.276 e. The van der Waals surface area contributed by atoms with Crippen molar-refractivity contribution in [2.24, 2.45) is 4.99 Å². The Morgan fingerprint density at radius 1 is 1.17 bits per heavy atom. The second-order valence-electron chi connectivity index (χ2n) is 2.17. The largest absolute Gasteiger partial charge is 0.276 e. The van der Waals surface area contributed by atoms with Crippen molar-refractivity contribution in [1.82, 2.24) is 0 Å². The van der Waals surface area contributed by atoms with Crippen molar-refractivity contribution in [3.05, 3.63) is 42.0 Å². The van der Waals surface area contributed by atoms with Crippen molar-refractivity contribution in [1.29, 1.82) is 0 Å². The first-order valence-corrected chi connectivity index (χ1v) is 3.62. The molecule has 0 saturated heterocycles. The average Bonchev–Trinajstić information content (AvgIpc) is 2.14. The van der Waals surface area contributed by atoms with Gasteiger partial charge in [-0.2, -0.15) is 0 Å². The zero-order valence-corrected chi connectivity index (χ0v) is 6.55. The molecular weight excluding hydrogens is 150 g/mol. The van der Waals surface area contributed by atoms with Crippen LogP contribution in [-0.2, 0) is 4.79 Å². The predicted molar refractivity (Wildman–Crippen MR) is 50.0 cm³/mol. The van der Waals surface area contributed by atoms with Gasteiger partial charge >= 0.3 is 0 Å². The summed E-state index contributed by atoms with van der Waals surface area (Å²) in [5.74, 6) is 0. The molecule has 0 aliphatic heterocycles. The van der Waals surface area contributed by atoms with E-state index in [4.69, 9.17) is 0 Å². The molecule has 0 aliphatic rings. The van der Waals surface area contributed by atoms with E-state index in [9.17, 15) is 4.79 Å². The average molecular weight is 159 g/mol. The smallest absolute Gasteiger partial charge is 0.232 e. The second kappa shape index (κ2) is 5.02. The summed E-state index contributed by atoms with van der Waals surface area (Å²) in [5, 5.41) is 0. The summed E-state index contributed by atoms with van der Waals surface area (Å²) >= 11 is 0. The van der Waals surface area contributed by atoms with Gasteiger partial charge in [0.2, 0.25) is 6.41 Å². The van der Waals surface area contributed by atoms with E-state index in [1.165, 1.54) is 6.21 Å². The Morgan fingerprint density at radius 3 is 2.58 bits per heavy atom. The Bertz CT molecular complexity index is 288. The highest BCUT2D eigenvalue weighted by Crippen LogP contribution is 1.99. The molecule has 0 fully saturated rings. The van der Waals surface area contributed by atoms with Crippen molar-refractivity contribution in [2.45, 2.75) is 0 Å². The van der Waals surface area contributed by atoms with E-state index in [2.05, 4.69) is 4.99 Å². The Hall–Kier alpha value is -1.70. The van der Waals surface area contributed by atoms with Gasteiger partial charge in [0.1, 0.15) is 0 Å². The molecule has 0 radical (unpaired) electrons. The number of rotatable bonds is 3. The molecule has 1 amide bonds. The predicted octanol–water partition coefficient (Wildman–Crippen LogP) is 1.93. The first-order chi connectivity index (χ1) is 5.93. The summed E-state index contributed by atoms with van der Waals surface area (Å²) in [5.41, 5.74) is 1.09. The van der Waals surface area contributed by atoms with Gasteiger partial charge in [0.25, 0.3) is 0 Å². The minimum atomic E-state index is 0.509. The molecule has 1 aromatic carbocycles. The Morgan fingerprint density at radius 2 is 1.92 bits per heavy atom. The van der Waals surface area contributed by atoms with Crippen molar-refractivity contribution >= 4 is 18.7 Å². The maximum atomic E-state index is 9.78.